The smallest absolute Gasteiger partial charge is 0.0876 e. The van der Waals surface area contributed by atoms with Crippen molar-refractivity contribution in [1.82, 2.24) is 5.32 Å². The molecule has 0 spiro atoms. The molecule has 1 heterocycles. The monoisotopic (exact) mass is 237 g/mol. The van der Waals surface area contributed by atoms with Crippen molar-refractivity contribution in [3.8, 4) is 0 Å². The van der Waals surface area contributed by atoms with Gasteiger partial charge in [0.1, 0.15) is 0 Å². The maximum atomic E-state index is 5.50. The van der Waals surface area contributed by atoms with Crippen LogP contribution in [0.1, 0.15) is 58.3 Å². The molecule has 1 aliphatic carbocycles. The van der Waals surface area contributed by atoms with Crippen LogP contribution in [-0.4, -0.2) is 19.2 Å². The zero-order valence-corrected chi connectivity index (χ0v) is 11.2. The van der Waals surface area contributed by atoms with E-state index in [1.165, 1.54) is 56.9 Å². The molecule has 0 aromatic rings. The lowest BCUT2D eigenvalue weighted by molar-refractivity contribution is 0.214. The van der Waals surface area contributed by atoms with Crippen molar-refractivity contribution in [3.63, 3.8) is 0 Å². The molecule has 17 heavy (non-hydrogen) atoms. The molecule has 0 saturated heterocycles. The quantitative estimate of drug-likeness (QED) is 0.788. The Bertz CT molecular complexity index is 243. The Morgan fingerprint density at radius 2 is 2.12 bits per heavy atom. The number of hydrogen-bond acceptors (Lipinski definition) is 2. The molecular formula is C15H27NO. The van der Waals surface area contributed by atoms with E-state index in [0.29, 0.717) is 6.04 Å². The molecule has 1 fully saturated rings. The molecule has 0 aromatic heterocycles. The van der Waals surface area contributed by atoms with Crippen molar-refractivity contribution in [3.05, 3.63) is 11.8 Å². The third-order valence-corrected chi connectivity index (χ3v) is 4.15. The van der Waals surface area contributed by atoms with Gasteiger partial charge >= 0.3 is 0 Å². The van der Waals surface area contributed by atoms with Gasteiger partial charge in [0, 0.05) is 6.04 Å². The summed E-state index contributed by atoms with van der Waals surface area (Å²) in [7, 11) is 0. The van der Waals surface area contributed by atoms with Crippen LogP contribution in [0.2, 0.25) is 0 Å². The summed E-state index contributed by atoms with van der Waals surface area (Å²) >= 11 is 0. The van der Waals surface area contributed by atoms with Gasteiger partial charge in [0.2, 0.25) is 0 Å². The summed E-state index contributed by atoms with van der Waals surface area (Å²) in [6.45, 7) is 4.18. The van der Waals surface area contributed by atoms with Crippen LogP contribution in [0.4, 0.5) is 0 Å². The molecule has 0 bridgehead atoms. The standard InChI is InChI=1S/C15H27NO/c1-2-16-15(14-9-6-10-17-12-14)11-13-7-4-3-5-8-13/h12-13,15-16H,2-11H2,1H3. The van der Waals surface area contributed by atoms with E-state index in [0.717, 1.165) is 19.1 Å². The highest BCUT2D eigenvalue weighted by molar-refractivity contribution is 5.10. The molecule has 1 atom stereocenters. The van der Waals surface area contributed by atoms with Crippen LogP contribution in [0.3, 0.4) is 0 Å². The van der Waals surface area contributed by atoms with Gasteiger partial charge in [-0.1, -0.05) is 39.0 Å². The fourth-order valence-electron chi connectivity index (χ4n) is 3.21. The number of ether oxygens (including phenoxy) is 1. The van der Waals surface area contributed by atoms with E-state index in [1.54, 1.807) is 0 Å². The van der Waals surface area contributed by atoms with E-state index < -0.39 is 0 Å². The van der Waals surface area contributed by atoms with Gasteiger partial charge < -0.3 is 10.1 Å². The largest absolute Gasteiger partial charge is 0.501 e. The summed E-state index contributed by atoms with van der Waals surface area (Å²) < 4.78 is 5.50. The highest BCUT2D eigenvalue weighted by atomic mass is 16.5. The number of hydrogen-bond donors (Lipinski definition) is 1. The third-order valence-electron chi connectivity index (χ3n) is 4.15. The lowest BCUT2D eigenvalue weighted by Gasteiger charge is -2.29. The van der Waals surface area contributed by atoms with Gasteiger partial charge in [-0.2, -0.15) is 0 Å². The first-order chi connectivity index (χ1) is 8.40. The van der Waals surface area contributed by atoms with Gasteiger partial charge in [-0.3, -0.25) is 0 Å². The van der Waals surface area contributed by atoms with Crippen LogP contribution >= 0.6 is 0 Å². The summed E-state index contributed by atoms with van der Waals surface area (Å²) in [6.07, 6.45) is 13.0. The van der Waals surface area contributed by atoms with Crippen LogP contribution in [0.25, 0.3) is 0 Å². The Morgan fingerprint density at radius 3 is 2.76 bits per heavy atom. The Labute approximate surface area is 106 Å². The molecule has 1 saturated carbocycles. The van der Waals surface area contributed by atoms with Gasteiger partial charge in [-0.15, -0.1) is 0 Å². The normalized spacial score (nSPS) is 23.9. The van der Waals surface area contributed by atoms with Crippen molar-refractivity contribution in [2.45, 2.75) is 64.3 Å². The SMILES string of the molecule is CCNC(CC1CCCCC1)C1=COCCC1. The third kappa shape index (κ3) is 4.02. The molecule has 2 rings (SSSR count). The van der Waals surface area contributed by atoms with E-state index in [4.69, 9.17) is 4.74 Å². The minimum absolute atomic E-state index is 0.573. The minimum Gasteiger partial charge on any atom is -0.501 e. The van der Waals surface area contributed by atoms with Crippen molar-refractivity contribution >= 4 is 0 Å². The zero-order valence-electron chi connectivity index (χ0n) is 11.2. The first-order valence-electron chi connectivity index (χ1n) is 7.44. The van der Waals surface area contributed by atoms with Crippen molar-refractivity contribution in [2.75, 3.05) is 13.2 Å². The van der Waals surface area contributed by atoms with E-state index in [9.17, 15) is 0 Å². The molecule has 2 heteroatoms. The molecule has 0 aromatic carbocycles. The lowest BCUT2D eigenvalue weighted by Crippen LogP contribution is -2.34. The fourth-order valence-corrected chi connectivity index (χ4v) is 3.21. The maximum absolute atomic E-state index is 5.50. The van der Waals surface area contributed by atoms with Gasteiger partial charge in [0.15, 0.2) is 0 Å². The summed E-state index contributed by atoms with van der Waals surface area (Å²) in [5.41, 5.74) is 1.50. The van der Waals surface area contributed by atoms with Crippen molar-refractivity contribution in [2.24, 2.45) is 5.92 Å². The first-order valence-corrected chi connectivity index (χ1v) is 7.44. The van der Waals surface area contributed by atoms with Gasteiger partial charge in [-0.05, 0) is 37.3 Å². The summed E-state index contributed by atoms with van der Waals surface area (Å²) in [6, 6.07) is 0.573. The minimum atomic E-state index is 0.573. The number of rotatable bonds is 5. The zero-order chi connectivity index (χ0) is 11.9. The molecule has 1 unspecified atom stereocenters. The molecule has 2 nitrogen and oxygen atoms in total. The second-order valence-electron chi connectivity index (χ2n) is 5.52. The topological polar surface area (TPSA) is 21.3 Å². The molecule has 1 N–H and O–H groups in total. The average Bonchev–Trinajstić information content (AvgIpc) is 2.40. The molecular weight excluding hydrogens is 210 g/mol. The Morgan fingerprint density at radius 1 is 1.29 bits per heavy atom. The van der Waals surface area contributed by atoms with Gasteiger partial charge in [0.25, 0.3) is 0 Å². The van der Waals surface area contributed by atoms with E-state index in [1.807, 2.05) is 6.26 Å². The van der Waals surface area contributed by atoms with E-state index in [2.05, 4.69) is 12.2 Å². The van der Waals surface area contributed by atoms with Crippen molar-refractivity contribution < 1.29 is 4.74 Å². The predicted octanol–water partition coefficient (Wildman–Crippen LogP) is 3.63. The Hall–Kier alpha value is -0.500. The Kier molecular flexibility index (Phi) is 5.37. The number of likely N-dealkylation sites (N-methyl/N-ethyl adjacent to an activating group) is 1. The fraction of sp³-hybridized carbons (Fsp3) is 0.867. The highest BCUT2D eigenvalue weighted by Crippen LogP contribution is 2.30. The van der Waals surface area contributed by atoms with Crippen LogP contribution in [-0.2, 0) is 4.74 Å². The lowest BCUT2D eigenvalue weighted by atomic mass is 9.82. The van der Waals surface area contributed by atoms with Gasteiger partial charge in [-0.25, -0.2) is 0 Å². The first kappa shape index (κ1) is 12.9. The van der Waals surface area contributed by atoms with Crippen molar-refractivity contribution in [1.29, 1.82) is 0 Å². The summed E-state index contributed by atoms with van der Waals surface area (Å²) in [5.74, 6) is 0.940. The molecule has 98 valence electrons. The van der Waals surface area contributed by atoms with Crippen LogP contribution < -0.4 is 5.32 Å². The average molecular weight is 237 g/mol. The second kappa shape index (κ2) is 7.05. The van der Waals surface area contributed by atoms with Crippen LogP contribution in [0.15, 0.2) is 11.8 Å². The Balaban J connectivity index is 1.88. The molecule has 2 aliphatic rings. The van der Waals surface area contributed by atoms with Gasteiger partial charge in [0.05, 0.1) is 12.9 Å². The second-order valence-corrected chi connectivity index (χ2v) is 5.52. The summed E-state index contributed by atoms with van der Waals surface area (Å²) in [4.78, 5) is 0. The maximum Gasteiger partial charge on any atom is 0.0876 e. The molecule has 0 radical (unpaired) electrons. The summed E-state index contributed by atoms with van der Waals surface area (Å²) in [5, 5.41) is 3.65. The molecule has 1 aliphatic heterocycles. The number of nitrogens with one attached hydrogen (secondary N) is 1. The molecule has 0 amide bonds. The van der Waals surface area contributed by atoms with Crippen LogP contribution in [0.5, 0.6) is 0 Å². The van der Waals surface area contributed by atoms with E-state index in [-0.39, 0.29) is 0 Å². The van der Waals surface area contributed by atoms with Crippen LogP contribution in [0, 0.1) is 5.92 Å². The predicted molar refractivity (Wildman–Crippen MR) is 71.9 cm³/mol. The highest BCUT2D eigenvalue weighted by Gasteiger charge is 2.22. The van der Waals surface area contributed by atoms with E-state index >= 15 is 0 Å².